The Morgan fingerprint density at radius 3 is 2.76 bits per heavy atom. The summed E-state index contributed by atoms with van der Waals surface area (Å²) in [4.78, 5) is 13.9. The first-order valence-electron chi connectivity index (χ1n) is 7.25. The third kappa shape index (κ3) is 7.89. The molecule has 0 fully saturated rings. The Kier molecular flexibility index (Phi) is 6.94. The minimum atomic E-state index is -0.129. The summed E-state index contributed by atoms with van der Waals surface area (Å²) in [5.41, 5.74) is 0.258. The first kappa shape index (κ1) is 17.7. The van der Waals surface area contributed by atoms with E-state index in [0.717, 1.165) is 16.2 Å². The number of thiophene rings is 1. The van der Waals surface area contributed by atoms with Gasteiger partial charge in [0, 0.05) is 11.3 Å². The van der Waals surface area contributed by atoms with Crippen LogP contribution in [0.5, 0.6) is 0 Å². The van der Waals surface area contributed by atoms with E-state index < -0.39 is 0 Å². The van der Waals surface area contributed by atoms with Crippen molar-refractivity contribution >= 4 is 17.2 Å². The van der Waals surface area contributed by atoms with E-state index in [1.165, 1.54) is 0 Å². The molecule has 1 amide bonds. The predicted octanol–water partition coefficient (Wildman–Crippen LogP) is 3.17. The maximum atomic E-state index is 11.9. The van der Waals surface area contributed by atoms with Crippen molar-refractivity contribution in [3.8, 4) is 11.8 Å². The number of nitrogens with one attached hydrogen (secondary N) is 1. The number of aliphatic hydroxyl groups excluding tert-OH is 1. The lowest BCUT2D eigenvalue weighted by Gasteiger charge is -2.22. The molecule has 0 bridgehead atoms. The van der Waals surface area contributed by atoms with Crippen molar-refractivity contribution in [3.63, 3.8) is 0 Å². The number of hydrogen-bond donors (Lipinski definition) is 2. The molecule has 3 nitrogen and oxygen atoms in total. The number of aliphatic hydroxyl groups is 1. The van der Waals surface area contributed by atoms with Crippen LogP contribution in [-0.4, -0.2) is 17.6 Å². The molecule has 2 N–H and O–H groups in total. The Balaban J connectivity index is 2.37. The number of rotatable bonds is 5. The molecule has 0 aliphatic carbocycles. The molecule has 1 aromatic rings. The summed E-state index contributed by atoms with van der Waals surface area (Å²) in [5, 5.41) is 11.6. The highest BCUT2D eigenvalue weighted by Gasteiger charge is 2.17. The van der Waals surface area contributed by atoms with Crippen molar-refractivity contribution in [2.24, 2.45) is 11.3 Å². The summed E-state index contributed by atoms with van der Waals surface area (Å²) in [7, 11) is 0. The molecule has 1 rings (SSSR count). The SMILES string of the molecule is CC(CC(=O)NCc1ccc(C#CCO)s1)CC(C)(C)C. The minimum Gasteiger partial charge on any atom is -0.384 e. The molecule has 0 aromatic carbocycles. The standard InChI is InChI=1S/C17H25NO2S/c1-13(11-17(2,3)4)10-16(20)18-12-15-8-7-14(21-15)6-5-9-19/h7-8,13,19H,9-12H2,1-4H3,(H,18,20). The summed E-state index contributed by atoms with van der Waals surface area (Å²) < 4.78 is 0. The van der Waals surface area contributed by atoms with E-state index in [1.54, 1.807) is 11.3 Å². The summed E-state index contributed by atoms with van der Waals surface area (Å²) in [6.45, 7) is 9.13. The van der Waals surface area contributed by atoms with Crippen LogP contribution in [0.1, 0.15) is 50.3 Å². The highest BCUT2D eigenvalue weighted by Crippen LogP contribution is 2.25. The topological polar surface area (TPSA) is 49.3 Å². The van der Waals surface area contributed by atoms with Crippen molar-refractivity contribution in [2.75, 3.05) is 6.61 Å². The molecule has 1 aromatic heterocycles. The smallest absolute Gasteiger partial charge is 0.220 e. The zero-order valence-electron chi connectivity index (χ0n) is 13.3. The third-order valence-electron chi connectivity index (χ3n) is 2.91. The first-order valence-corrected chi connectivity index (χ1v) is 8.07. The summed E-state index contributed by atoms with van der Waals surface area (Å²) >= 11 is 1.54. The highest BCUT2D eigenvalue weighted by atomic mass is 32.1. The highest BCUT2D eigenvalue weighted by molar-refractivity contribution is 7.12. The van der Waals surface area contributed by atoms with Crippen molar-refractivity contribution in [1.29, 1.82) is 0 Å². The van der Waals surface area contributed by atoms with Gasteiger partial charge in [0.05, 0.1) is 11.4 Å². The van der Waals surface area contributed by atoms with Gasteiger partial charge in [0.25, 0.3) is 0 Å². The summed E-state index contributed by atoms with van der Waals surface area (Å²) in [6.07, 6.45) is 1.61. The molecule has 0 saturated carbocycles. The Morgan fingerprint density at radius 1 is 1.43 bits per heavy atom. The van der Waals surface area contributed by atoms with Gasteiger partial charge in [-0.3, -0.25) is 4.79 Å². The van der Waals surface area contributed by atoms with Gasteiger partial charge in [-0.2, -0.15) is 0 Å². The van der Waals surface area contributed by atoms with Crippen LogP contribution >= 0.6 is 11.3 Å². The van der Waals surface area contributed by atoms with Gasteiger partial charge in [0.15, 0.2) is 0 Å². The first-order chi connectivity index (χ1) is 9.80. The lowest BCUT2D eigenvalue weighted by molar-refractivity contribution is -0.122. The minimum absolute atomic E-state index is 0.100. The molecule has 1 atom stereocenters. The molecule has 21 heavy (non-hydrogen) atoms. The van der Waals surface area contributed by atoms with Gasteiger partial charge >= 0.3 is 0 Å². The molecule has 0 aliphatic rings. The normalized spacial score (nSPS) is 12.4. The fourth-order valence-corrected chi connectivity index (χ4v) is 3.18. The summed E-state index contributed by atoms with van der Waals surface area (Å²) in [6, 6.07) is 3.88. The molecule has 1 unspecified atom stereocenters. The molecular weight excluding hydrogens is 282 g/mol. The van der Waals surface area contributed by atoms with Crippen molar-refractivity contribution in [1.82, 2.24) is 5.32 Å². The van der Waals surface area contributed by atoms with E-state index in [0.29, 0.717) is 18.9 Å². The van der Waals surface area contributed by atoms with Gasteiger partial charge in [-0.05, 0) is 29.9 Å². The van der Waals surface area contributed by atoms with Gasteiger partial charge < -0.3 is 10.4 Å². The maximum absolute atomic E-state index is 11.9. The lowest BCUT2D eigenvalue weighted by Crippen LogP contribution is -2.25. The van der Waals surface area contributed by atoms with Crippen molar-refractivity contribution < 1.29 is 9.90 Å². The average Bonchev–Trinajstić information content (AvgIpc) is 2.79. The zero-order valence-corrected chi connectivity index (χ0v) is 14.1. The van der Waals surface area contributed by atoms with E-state index in [2.05, 4.69) is 44.9 Å². The van der Waals surface area contributed by atoms with E-state index in [9.17, 15) is 4.79 Å². The molecule has 0 spiro atoms. The Bertz CT molecular complexity index is 517. The second kappa shape index (κ2) is 8.21. The molecule has 1 heterocycles. The third-order valence-corrected chi connectivity index (χ3v) is 3.91. The van der Waals surface area contributed by atoms with Gasteiger partial charge in [-0.25, -0.2) is 0 Å². The molecular formula is C17H25NO2S. The number of carbonyl (C=O) groups excluding carboxylic acids is 1. The Morgan fingerprint density at radius 2 is 2.14 bits per heavy atom. The molecule has 4 heteroatoms. The number of hydrogen-bond acceptors (Lipinski definition) is 3. The monoisotopic (exact) mass is 307 g/mol. The Hall–Kier alpha value is -1.31. The van der Waals surface area contributed by atoms with E-state index in [-0.39, 0.29) is 17.9 Å². The van der Waals surface area contributed by atoms with Crippen LogP contribution in [0, 0.1) is 23.2 Å². The molecule has 116 valence electrons. The van der Waals surface area contributed by atoms with E-state index in [4.69, 9.17) is 5.11 Å². The quantitative estimate of drug-likeness (QED) is 0.821. The second-order valence-electron chi connectivity index (χ2n) is 6.58. The van der Waals surface area contributed by atoms with Crippen LogP contribution < -0.4 is 5.32 Å². The fourth-order valence-electron chi connectivity index (χ4n) is 2.36. The lowest BCUT2D eigenvalue weighted by atomic mass is 9.84. The van der Waals surface area contributed by atoms with Gasteiger partial charge in [0.1, 0.15) is 6.61 Å². The van der Waals surface area contributed by atoms with Crippen molar-refractivity contribution in [2.45, 2.75) is 47.1 Å². The van der Waals surface area contributed by atoms with Crippen LogP contribution in [-0.2, 0) is 11.3 Å². The average molecular weight is 307 g/mol. The second-order valence-corrected chi connectivity index (χ2v) is 7.74. The summed E-state index contributed by atoms with van der Waals surface area (Å²) in [5.74, 6) is 5.97. The van der Waals surface area contributed by atoms with Crippen LogP contribution in [0.3, 0.4) is 0 Å². The number of amides is 1. The van der Waals surface area contributed by atoms with Crippen LogP contribution in [0.4, 0.5) is 0 Å². The van der Waals surface area contributed by atoms with Gasteiger partial charge in [0.2, 0.25) is 5.91 Å². The number of carbonyl (C=O) groups is 1. The van der Waals surface area contributed by atoms with E-state index >= 15 is 0 Å². The van der Waals surface area contributed by atoms with Crippen molar-refractivity contribution in [3.05, 3.63) is 21.9 Å². The molecule has 0 radical (unpaired) electrons. The van der Waals surface area contributed by atoms with Crippen LogP contribution in [0.15, 0.2) is 12.1 Å². The van der Waals surface area contributed by atoms with Gasteiger partial charge in [-0.15, -0.1) is 11.3 Å². The van der Waals surface area contributed by atoms with Crippen LogP contribution in [0.2, 0.25) is 0 Å². The zero-order chi connectivity index (χ0) is 15.9. The van der Waals surface area contributed by atoms with Crippen LogP contribution in [0.25, 0.3) is 0 Å². The fraction of sp³-hybridized carbons (Fsp3) is 0.588. The maximum Gasteiger partial charge on any atom is 0.220 e. The van der Waals surface area contributed by atoms with E-state index in [1.807, 2.05) is 12.1 Å². The Labute approximate surface area is 131 Å². The predicted molar refractivity (Wildman–Crippen MR) is 88.0 cm³/mol. The molecule has 0 aliphatic heterocycles. The largest absolute Gasteiger partial charge is 0.384 e. The van der Waals surface area contributed by atoms with Gasteiger partial charge in [-0.1, -0.05) is 39.5 Å². The molecule has 0 saturated heterocycles.